The molecule has 1 atom stereocenters. The fourth-order valence-corrected chi connectivity index (χ4v) is 7.55. The van der Waals surface area contributed by atoms with Crippen molar-refractivity contribution in [3.63, 3.8) is 0 Å². The number of amides is 2. The van der Waals surface area contributed by atoms with E-state index in [0.29, 0.717) is 51.8 Å². The van der Waals surface area contributed by atoms with E-state index in [-0.39, 0.29) is 24.3 Å². The van der Waals surface area contributed by atoms with Crippen molar-refractivity contribution in [1.29, 1.82) is 0 Å². The van der Waals surface area contributed by atoms with Crippen molar-refractivity contribution in [1.82, 2.24) is 15.1 Å². The normalized spacial score (nSPS) is 12.4. The number of allylic oxidation sites excluding steroid dienone is 4. The number of hydrogen-bond donors (Lipinski definition) is 1. The van der Waals surface area contributed by atoms with E-state index in [0.717, 1.165) is 64.2 Å². The highest BCUT2D eigenvalue weighted by atomic mass is 16.6. The van der Waals surface area contributed by atoms with E-state index in [1.807, 2.05) is 19.0 Å². The molecule has 0 aromatic rings. The lowest BCUT2D eigenvalue weighted by Crippen LogP contribution is -2.52. The molecule has 0 rings (SSSR count). The fraction of sp³-hybridized carbons (Fsp3) is 0.849. The van der Waals surface area contributed by atoms with Crippen LogP contribution >= 0.6 is 0 Å². The Morgan fingerprint density at radius 2 is 0.968 bits per heavy atom. The second-order valence-electron chi connectivity index (χ2n) is 18.9. The molecule has 0 radical (unpaired) electrons. The molecule has 2 amide bonds. The highest BCUT2D eigenvalue weighted by Crippen LogP contribution is 2.17. The first-order valence-corrected chi connectivity index (χ1v) is 25.8. The molecule has 0 fully saturated rings. The lowest BCUT2D eigenvalue weighted by atomic mass is 10.0. The Morgan fingerprint density at radius 1 is 0.532 bits per heavy atom. The van der Waals surface area contributed by atoms with E-state index < -0.39 is 17.6 Å². The predicted octanol–water partition coefficient (Wildman–Crippen LogP) is 13.4. The summed E-state index contributed by atoms with van der Waals surface area (Å²) in [5, 5.41) is 2.77. The molecule has 62 heavy (non-hydrogen) atoms. The van der Waals surface area contributed by atoms with Crippen LogP contribution in [-0.4, -0.2) is 85.5 Å². The van der Waals surface area contributed by atoms with Crippen molar-refractivity contribution < 1.29 is 28.7 Å². The molecule has 0 aliphatic heterocycles. The van der Waals surface area contributed by atoms with Crippen LogP contribution in [-0.2, 0) is 28.7 Å². The highest BCUT2D eigenvalue weighted by molar-refractivity contribution is 5.89. The third-order valence-electron chi connectivity index (χ3n) is 11.3. The minimum atomic E-state index is -0.698. The molecule has 0 saturated heterocycles. The summed E-state index contributed by atoms with van der Waals surface area (Å²) in [5.41, 5.74) is -0.660. The molecule has 0 spiro atoms. The maximum atomic E-state index is 13.8. The number of esters is 2. The Morgan fingerprint density at radius 3 is 1.44 bits per heavy atom. The summed E-state index contributed by atoms with van der Waals surface area (Å²) in [7, 11) is 3.92. The summed E-state index contributed by atoms with van der Waals surface area (Å²) in [4.78, 5) is 56.1. The molecule has 0 bridgehead atoms. The third kappa shape index (κ3) is 40.1. The molecule has 9 heteroatoms. The van der Waals surface area contributed by atoms with Gasteiger partial charge in [-0.15, -0.1) is 0 Å². The van der Waals surface area contributed by atoms with Gasteiger partial charge >= 0.3 is 11.9 Å². The van der Waals surface area contributed by atoms with Crippen LogP contribution < -0.4 is 5.32 Å². The fourth-order valence-electron chi connectivity index (χ4n) is 7.55. The lowest BCUT2D eigenvalue weighted by Gasteiger charge is -2.32. The van der Waals surface area contributed by atoms with Gasteiger partial charge in [-0.05, 0) is 118 Å². The number of ether oxygens (including phenoxy) is 2. The van der Waals surface area contributed by atoms with Crippen molar-refractivity contribution in [2.75, 3.05) is 40.3 Å². The summed E-state index contributed by atoms with van der Waals surface area (Å²) >= 11 is 0. The second-order valence-corrected chi connectivity index (χ2v) is 18.9. The minimum Gasteiger partial charge on any atom is -0.466 e. The Kier molecular flexibility index (Phi) is 40.5. The van der Waals surface area contributed by atoms with Crippen LogP contribution in [0.2, 0.25) is 0 Å². The quantitative estimate of drug-likeness (QED) is 0.0369. The Labute approximate surface area is 382 Å². The van der Waals surface area contributed by atoms with Gasteiger partial charge < -0.3 is 24.6 Å². The summed E-state index contributed by atoms with van der Waals surface area (Å²) < 4.78 is 11.0. The number of nitrogens with one attached hydrogen (secondary N) is 1. The monoisotopic (exact) mass is 874 g/mol. The highest BCUT2D eigenvalue weighted by Gasteiger charge is 2.30. The van der Waals surface area contributed by atoms with E-state index in [1.165, 1.54) is 109 Å². The van der Waals surface area contributed by atoms with Crippen LogP contribution in [0.3, 0.4) is 0 Å². The van der Waals surface area contributed by atoms with E-state index >= 15 is 0 Å². The molecule has 362 valence electrons. The van der Waals surface area contributed by atoms with E-state index in [2.05, 4.69) is 43.5 Å². The van der Waals surface area contributed by atoms with Gasteiger partial charge in [-0.2, -0.15) is 0 Å². The molecule has 0 heterocycles. The first-order chi connectivity index (χ1) is 29.9. The molecule has 1 unspecified atom stereocenters. The van der Waals surface area contributed by atoms with Crippen molar-refractivity contribution in [2.24, 2.45) is 0 Å². The predicted molar refractivity (Wildman–Crippen MR) is 261 cm³/mol. The third-order valence-corrected chi connectivity index (χ3v) is 11.3. The standard InChI is InChI=1S/C53H99N3O6/c1-8-10-12-14-16-18-20-22-24-26-28-30-32-34-38-42-49(57)56(45-44-55(6)7)48(52(60)54-47-51(59)62-53(3,4)5)41-37-36-40-46-61-50(58)43-39-35-33-31-29-27-25-23-21-19-17-15-13-11-9-2/h22-25,48H,8-21,26-47H2,1-7H3,(H,54,60)/b24-22-,25-23-. The SMILES string of the molecule is CCCCCCCC/C=C\CCCCCCCC(=O)OCCCCCC(C(=O)NCC(=O)OC(C)(C)C)N(CCN(C)C)C(=O)CCCCCCC/C=C\CCCCCCCC. The summed E-state index contributed by atoms with van der Waals surface area (Å²) in [5.74, 6) is -1.00. The van der Waals surface area contributed by atoms with Gasteiger partial charge in [0.05, 0.1) is 6.61 Å². The summed E-state index contributed by atoms with van der Waals surface area (Å²) in [6.45, 7) is 11.1. The molecule has 0 aliphatic carbocycles. The average molecular weight is 874 g/mol. The molecule has 0 aliphatic rings. The smallest absolute Gasteiger partial charge is 0.325 e. The summed E-state index contributed by atoms with van der Waals surface area (Å²) in [6.07, 6.45) is 44.3. The van der Waals surface area contributed by atoms with Crippen molar-refractivity contribution >= 4 is 23.8 Å². The number of carbonyl (C=O) groups excluding carboxylic acids is 4. The van der Waals surface area contributed by atoms with Crippen molar-refractivity contribution in [2.45, 2.75) is 252 Å². The lowest BCUT2D eigenvalue weighted by molar-refractivity contribution is -0.155. The Hall–Kier alpha value is -2.68. The Bertz CT molecular complexity index is 1150. The molecule has 1 N–H and O–H groups in total. The van der Waals surface area contributed by atoms with E-state index in [9.17, 15) is 19.2 Å². The Balaban J connectivity index is 4.76. The van der Waals surface area contributed by atoms with Crippen LogP contribution in [0, 0.1) is 0 Å². The minimum absolute atomic E-state index is 0.0218. The van der Waals surface area contributed by atoms with Crippen LogP contribution in [0.15, 0.2) is 24.3 Å². The zero-order chi connectivity index (χ0) is 45.9. The van der Waals surface area contributed by atoms with Crippen LogP contribution in [0.1, 0.15) is 240 Å². The van der Waals surface area contributed by atoms with Gasteiger partial charge in [0.2, 0.25) is 11.8 Å². The van der Waals surface area contributed by atoms with E-state index in [4.69, 9.17) is 9.47 Å². The van der Waals surface area contributed by atoms with Crippen LogP contribution in [0.4, 0.5) is 0 Å². The first-order valence-electron chi connectivity index (χ1n) is 25.8. The van der Waals surface area contributed by atoms with Gasteiger partial charge in [-0.3, -0.25) is 19.2 Å². The van der Waals surface area contributed by atoms with E-state index in [1.54, 1.807) is 25.7 Å². The zero-order valence-corrected chi connectivity index (χ0v) is 41.7. The number of hydrogen-bond acceptors (Lipinski definition) is 7. The molecule has 0 saturated carbocycles. The molecule has 0 aromatic heterocycles. The topological polar surface area (TPSA) is 105 Å². The number of carbonyl (C=O) groups is 4. The average Bonchev–Trinajstić information content (AvgIpc) is 3.22. The first kappa shape index (κ1) is 59.3. The maximum absolute atomic E-state index is 13.8. The molecular formula is C53H99N3O6. The number of unbranched alkanes of at least 4 members (excludes halogenated alkanes) is 24. The second kappa shape index (κ2) is 42.3. The summed E-state index contributed by atoms with van der Waals surface area (Å²) in [6, 6.07) is -0.698. The maximum Gasteiger partial charge on any atom is 0.325 e. The number of likely N-dealkylation sites (N-methyl/N-ethyl adjacent to an activating group) is 1. The van der Waals surface area contributed by atoms with Gasteiger partial charge in [-0.1, -0.05) is 147 Å². The largest absolute Gasteiger partial charge is 0.466 e. The van der Waals surface area contributed by atoms with Crippen LogP contribution in [0.25, 0.3) is 0 Å². The van der Waals surface area contributed by atoms with Gasteiger partial charge in [0.1, 0.15) is 18.2 Å². The van der Waals surface area contributed by atoms with Gasteiger partial charge in [0.25, 0.3) is 0 Å². The van der Waals surface area contributed by atoms with Crippen LogP contribution in [0.5, 0.6) is 0 Å². The van der Waals surface area contributed by atoms with Gasteiger partial charge in [-0.25, -0.2) is 0 Å². The van der Waals surface area contributed by atoms with Gasteiger partial charge in [0.15, 0.2) is 0 Å². The number of rotatable bonds is 43. The molecule has 0 aromatic carbocycles. The van der Waals surface area contributed by atoms with Crippen molar-refractivity contribution in [3.05, 3.63) is 24.3 Å². The number of nitrogens with zero attached hydrogens (tertiary/aromatic N) is 2. The zero-order valence-electron chi connectivity index (χ0n) is 41.7. The van der Waals surface area contributed by atoms with Gasteiger partial charge in [0, 0.05) is 25.9 Å². The van der Waals surface area contributed by atoms with Crippen molar-refractivity contribution in [3.8, 4) is 0 Å². The molecule has 9 nitrogen and oxygen atoms in total. The molecular weight excluding hydrogens is 775 g/mol.